The summed E-state index contributed by atoms with van der Waals surface area (Å²) in [6.07, 6.45) is 0. The highest BCUT2D eigenvalue weighted by Crippen LogP contribution is 2.19. The molecule has 0 saturated heterocycles. The van der Waals surface area contributed by atoms with E-state index in [9.17, 15) is 4.79 Å². The van der Waals surface area contributed by atoms with Gasteiger partial charge < -0.3 is 15.4 Å². The Morgan fingerprint density at radius 3 is 2.56 bits per heavy atom. The Hall–Kier alpha value is -1.26. The van der Waals surface area contributed by atoms with E-state index in [1.807, 2.05) is 25.1 Å². The minimum Gasteiger partial charge on any atom is -0.496 e. The van der Waals surface area contributed by atoms with E-state index in [0.29, 0.717) is 6.54 Å². The van der Waals surface area contributed by atoms with Crippen LogP contribution in [-0.2, 0) is 11.3 Å². The molecule has 0 saturated carbocycles. The average molecular weight is 273 g/mol. The largest absolute Gasteiger partial charge is 0.496 e. The number of benzene rings is 1. The quantitative estimate of drug-likeness (QED) is 0.908. The van der Waals surface area contributed by atoms with Crippen molar-refractivity contribution in [1.29, 1.82) is 0 Å². The third kappa shape index (κ3) is 4.20. The maximum absolute atomic E-state index is 11.6. The van der Waals surface area contributed by atoms with Crippen molar-refractivity contribution in [2.24, 2.45) is 5.73 Å². The fourth-order valence-electron chi connectivity index (χ4n) is 1.74. The average Bonchev–Trinajstić information content (AvgIpc) is 2.28. The van der Waals surface area contributed by atoms with Gasteiger partial charge >= 0.3 is 0 Å². The second-order valence-corrected chi connectivity index (χ2v) is 4.29. The van der Waals surface area contributed by atoms with Gasteiger partial charge in [-0.3, -0.25) is 4.79 Å². The second kappa shape index (κ2) is 7.24. The van der Waals surface area contributed by atoms with Crippen LogP contribution in [0.2, 0.25) is 0 Å². The summed E-state index contributed by atoms with van der Waals surface area (Å²) in [5, 5.41) is 0. The van der Waals surface area contributed by atoms with Crippen LogP contribution in [0.1, 0.15) is 18.1 Å². The predicted molar refractivity (Wildman–Crippen MR) is 75.1 cm³/mol. The first-order chi connectivity index (χ1) is 7.95. The van der Waals surface area contributed by atoms with E-state index in [1.165, 1.54) is 0 Å². The first kappa shape index (κ1) is 16.7. The van der Waals surface area contributed by atoms with Crippen LogP contribution >= 0.6 is 12.4 Å². The summed E-state index contributed by atoms with van der Waals surface area (Å²) >= 11 is 0. The first-order valence-electron chi connectivity index (χ1n) is 5.59. The van der Waals surface area contributed by atoms with Crippen molar-refractivity contribution in [1.82, 2.24) is 4.90 Å². The molecule has 0 fully saturated rings. The van der Waals surface area contributed by atoms with Crippen LogP contribution in [0.25, 0.3) is 0 Å². The Bertz CT molecular complexity index is 408. The molecule has 0 aliphatic rings. The molecule has 0 radical (unpaired) electrons. The first-order valence-corrected chi connectivity index (χ1v) is 5.59. The van der Waals surface area contributed by atoms with Crippen LogP contribution in [0.15, 0.2) is 18.2 Å². The smallest absolute Gasteiger partial charge is 0.239 e. The summed E-state index contributed by atoms with van der Waals surface area (Å²) in [6.45, 7) is 4.24. The maximum Gasteiger partial charge on any atom is 0.239 e. The monoisotopic (exact) mass is 272 g/mol. The number of amides is 1. The Kier molecular flexibility index (Phi) is 6.73. The molecule has 0 heterocycles. The van der Waals surface area contributed by atoms with E-state index >= 15 is 0 Å². The summed E-state index contributed by atoms with van der Waals surface area (Å²) in [7, 11) is 3.40. The standard InChI is InChI=1S/C13H20N2O2.ClH/c1-9-7-11(5-6-12(9)17-4)8-15(3)13(16)10(2)14;/h5-7,10H,8,14H2,1-4H3;1H/t10-;/m1./s1. The number of halogens is 1. The number of aryl methyl sites for hydroxylation is 1. The van der Waals surface area contributed by atoms with Gasteiger partial charge in [0.1, 0.15) is 5.75 Å². The number of nitrogens with two attached hydrogens (primary N) is 1. The Morgan fingerprint density at radius 1 is 1.50 bits per heavy atom. The fourth-order valence-corrected chi connectivity index (χ4v) is 1.74. The molecule has 18 heavy (non-hydrogen) atoms. The van der Waals surface area contributed by atoms with Crippen molar-refractivity contribution in [3.63, 3.8) is 0 Å². The van der Waals surface area contributed by atoms with E-state index in [1.54, 1.807) is 26.0 Å². The van der Waals surface area contributed by atoms with Gasteiger partial charge in [-0.15, -0.1) is 12.4 Å². The number of carbonyl (C=O) groups is 1. The third-order valence-electron chi connectivity index (χ3n) is 2.64. The zero-order chi connectivity index (χ0) is 13.0. The summed E-state index contributed by atoms with van der Waals surface area (Å²) in [6, 6.07) is 5.43. The van der Waals surface area contributed by atoms with Crippen LogP contribution in [-0.4, -0.2) is 31.0 Å². The normalized spacial score (nSPS) is 11.4. The van der Waals surface area contributed by atoms with Gasteiger partial charge in [-0.2, -0.15) is 0 Å². The zero-order valence-corrected chi connectivity index (χ0v) is 12.1. The summed E-state index contributed by atoms with van der Waals surface area (Å²) in [5.74, 6) is 0.799. The number of nitrogens with zero attached hydrogens (tertiary/aromatic N) is 1. The molecule has 1 amide bonds. The van der Waals surface area contributed by atoms with E-state index in [-0.39, 0.29) is 18.3 Å². The van der Waals surface area contributed by atoms with Crippen LogP contribution in [0.4, 0.5) is 0 Å². The van der Waals surface area contributed by atoms with Gasteiger partial charge in [0.2, 0.25) is 5.91 Å². The SMILES string of the molecule is COc1ccc(CN(C)C(=O)[C@@H](C)N)cc1C.Cl. The fraction of sp³-hybridized carbons (Fsp3) is 0.462. The van der Waals surface area contributed by atoms with Crippen molar-refractivity contribution in [2.75, 3.05) is 14.2 Å². The highest BCUT2D eigenvalue weighted by Gasteiger charge is 2.13. The highest BCUT2D eigenvalue weighted by molar-refractivity contribution is 5.85. The number of methoxy groups -OCH3 is 1. The molecule has 4 nitrogen and oxygen atoms in total. The lowest BCUT2D eigenvalue weighted by atomic mass is 10.1. The van der Waals surface area contributed by atoms with Crippen LogP contribution < -0.4 is 10.5 Å². The minimum absolute atomic E-state index is 0. The molecule has 1 aromatic carbocycles. The van der Waals surface area contributed by atoms with Crippen molar-refractivity contribution < 1.29 is 9.53 Å². The summed E-state index contributed by atoms with van der Waals surface area (Å²) in [5.41, 5.74) is 7.69. The van der Waals surface area contributed by atoms with E-state index in [0.717, 1.165) is 16.9 Å². The lowest BCUT2D eigenvalue weighted by Crippen LogP contribution is -2.39. The van der Waals surface area contributed by atoms with Crippen LogP contribution in [0.3, 0.4) is 0 Å². The van der Waals surface area contributed by atoms with Crippen molar-refractivity contribution in [2.45, 2.75) is 26.4 Å². The molecule has 0 aliphatic heterocycles. The van der Waals surface area contributed by atoms with Crippen molar-refractivity contribution >= 4 is 18.3 Å². The molecule has 102 valence electrons. The van der Waals surface area contributed by atoms with Gasteiger partial charge in [0.25, 0.3) is 0 Å². The molecule has 1 rings (SSSR count). The molecule has 0 aliphatic carbocycles. The van der Waals surface area contributed by atoms with Crippen LogP contribution in [0.5, 0.6) is 5.75 Å². The van der Waals surface area contributed by atoms with Gasteiger partial charge in [0.05, 0.1) is 13.2 Å². The molecular weight excluding hydrogens is 252 g/mol. The summed E-state index contributed by atoms with van der Waals surface area (Å²) < 4.78 is 5.19. The molecule has 0 unspecified atom stereocenters. The molecule has 2 N–H and O–H groups in total. The Labute approximate surface area is 115 Å². The molecule has 0 bridgehead atoms. The van der Waals surface area contributed by atoms with Gasteiger partial charge in [0, 0.05) is 13.6 Å². The second-order valence-electron chi connectivity index (χ2n) is 4.29. The zero-order valence-electron chi connectivity index (χ0n) is 11.3. The molecule has 0 aromatic heterocycles. The third-order valence-corrected chi connectivity index (χ3v) is 2.64. The van der Waals surface area contributed by atoms with Crippen LogP contribution in [0, 0.1) is 6.92 Å². The van der Waals surface area contributed by atoms with Gasteiger partial charge in [-0.25, -0.2) is 0 Å². The molecule has 1 atom stereocenters. The predicted octanol–water partition coefficient (Wildman–Crippen LogP) is 1.73. The minimum atomic E-state index is -0.459. The maximum atomic E-state index is 11.6. The molecular formula is C13H21ClN2O2. The van der Waals surface area contributed by atoms with E-state index in [4.69, 9.17) is 10.5 Å². The van der Waals surface area contributed by atoms with Gasteiger partial charge in [-0.1, -0.05) is 12.1 Å². The Balaban J connectivity index is 0.00000289. The van der Waals surface area contributed by atoms with Crippen molar-refractivity contribution in [3.8, 4) is 5.75 Å². The number of likely N-dealkylation sites (N-methyl/N-ethyl adjacent to an activating group) is 1. The molecule has 5 heteroatoms. The number of hydrogen-bond acceptors (Lipinski definition) is 3. The number of hydrogen-bond donors (Lipinski definition) is 1. The number of ether oxygens (including phenoxy) is 1. The highest BCUT2D eigenvalue weighted by atomic mass is 35.5. The topological polar surface area (TPSA) is 55.6 Å². The summed E-state index contributed by atoms with van der Waals surface area (Å²) in [4.78, 5) is 13.3. The molecule has 1 aromatic rings. The Morgan fingerprint density at radius 2 is 2.11 bits per heavy atom. The van der Waals surface area contributed by atoms with Crippen molar-refractivity contribution in [3.05, 3.63) is 29.3 Å². The van der Waals surface area contributed by atoms with Gasteiger partial charge in [0.15, 0.2) is 0 Å². The lowest BCUT2D eigenvalue weighted by Gasteiger charge is -2.19. The van der Waals surface area contributed by atoms with E-state index in [2.05, 4.69) is 0 Å². The lowest BCUT2D eigenvalue weighted by molar-refractivity contribution is -0.131. The van der Waals surface area contributed by atoms with E-state index < -0.39 is 6.04 Å². The van der Waals surface area contributed by atoms with Gasteiger partial charge in [-0.05, 0) is 31.0 Å². The number of carbonyl (C=O) groups excluding carboxylic acids is 1. The molecule has 0 spiro atoms. The number of rotatable bonds is 4.